The molecule has 0 spiro atoms. The molecule has 122 valence electrons. The number of anilines is 1. The maximum Gasteiger partial charge on any atom is 0.266 e. The lowest BCUT2D eigenvalue weighted by Gasteiger charge is -2.12. The molecule has 0 unspecified atom stereocenters. The van der Waals surface area contributed by atoms with Gasteiger partial charge in [-0.15, -0.1) is 0 Å². The highest BCUT2D eigenvalue weighted by Crippen LogP contribution is 2.26. The van der Waals surface area contributed by atoms with Crippen molar-refractivity contribution >= 4 is 17.7 Å². The fourth-order valence-corrected chi connectivity index (χ4v) is 2.50. The smallest absolute Gasteiger partial charge is 0.266 e. The van der Waals surface area contributed by atoms with Crippen LogP contribution in [0.1, 0.15) is 22.3 Å². The summed E-state index contributed by atoms with van der Waals surface area (Å²) in [5.41, 5.74) is 3.95. The van der Waals surface area contributed by atoms with Gasteiger partial charge in [0.1, 0.15) is 11.6 Å². The molecule has 0 aliphatic carbocycles. The summed E-state index contributed by atoms with van der Waals surface area (Å²) < 4.78 is 0. The van der Waals surface area contributed by atoms with Gasteiger partial charge in [-0.25, -0.2) is 0 Å². The van der Waals surface area contributed by atoms with E-state index in [1.54, 1.807) is 0 Å². The van der Waals surface area contributed by atoms with Gasteiger partial charge in [-0.3, -0.25) is 4.79 Å². The monoisotopic (exact) mass is 322 g/mol. The minimum atomic E-state index is -0.528. The van der Waals surface area contributed by atoms with Crippen LogP contribution in [-0.2, 0) is 4.79 Å². The van der Waals surface area contributed by atoms with Crippen LogP contribution in [0.25, 0.3) is 6.08 Å². The number of benzene rings is 2. The Bertz CT molecular complexity index is 854. The fourth-order valence-electron chi connectivity index (χ4n) is 2.50. The van der Waals surface area contributed by atoms with Gasteiger partial charge in [0.05, 0.1) is 0 Å². The third kappa shape index (κ3) is 3.73. The molecule has 0 aliphatic heterocycles. The third-order valence-electron chi connectivity index (χ3n) is 3.59. The molecule has 1 amide bonds. The van der Waals surface area contributed by atoms with E-state index in [4.69, 9.17) is 0 Å². The second-order valence-electron chi connectivity index (χ2n) is 5.65. The molecule has 24 heavy (non-hydrogen) atoms. The van der Waals surface area contributed by atoms with Crippen LogP contribution in [0.5, 0.6) is 11.5 Å². The van der Waals surface area contributed by atoms with E-state index < -0.39 is 5.91 Å². The molecule has 0 saturated heterocycles. The summed E-state index contributed by atoms with van der Waals surface area (Å²) in [6, 6.07) is 9.85. The number of hydrogen-bond donors (Lipinski definition) is 3. The third-order valence-corrected chi connectivity index (χ3v) is 3.59. The zero-order valence-corrected chi connectivity index (χ0v) is 13.7. The molecular weight excluding hydrogens is 304 g/mol. The van der Waals surface area contributed by atoms with Crippen molar-refractivity contribution in [3.8, 4) is 17.6 Å². The van der Waals surface area contributed by atoms with E-state index in [9.17, 15) is 20.3 Å². The molecular formula is C19H18N2O3. The molecule has 0 fully saturated rings. The van der Waals surface area contributed by atoms with E-state index in [0.29, 0.717) is 11.3 Å². The maximum atomic E-state index is 12.4. The standard InChI is InChI=1S/C19H18N2O3/c1-11-6-12(2)18(13(3)7-11)21-19(24)15(10-20)8-14-4-5-16(22)17(23)9-14/h4-9,22-23H,1-3H3,(H,21,24)/b15-8+. The van der Waals surface area contributed by atoms with Gasteiger partial charge in [-0.2, -0.15) is 5.26 Å². The zero-order chi connectivity index (χ0) is 17.9. The molecule has 0 heterocycles. The second-order valence-corrected chi connectivity index (χ2v) is 5.65. The van der Waals surface area contributed by atoms with Crippen LogP contribution in [0.4, 0.5) is 5.69 Å². The molecule has 0 atom stereocenters. The Balaban J connectivity index is 2.31. The lowest BCUT2D eigenvalue weighted by Crippen LogP contribution is -2.15. The molecule has 0 radical (unpaired) electrons. The second kappa shape index (κ2) is 6.88. The maximum absolute atomic E-state index is 12.4. The Morgan fingerprint density at radius 2 is 1.71 bits per heavy atom. The number of nitriles is 1. The number of carbonyl (C=O) groups is 1. The summed E-state index contributed by atoms with van der Waals surface area (Å²) >= 11 is 0. The van der Waals surface area contributed by atoms with Crippen LogP contribution in [0, 0.1) is 32.1 Å². The van der Waals surface area contributed by atoms with Crippen molar-refractivity contribution in [3.63, 3.8) is 0 Å². The SMILES string of the molecule is Cc1cc(C)c(NC(=O)/C(C#N)=C/c2ccc(O)c(O)c2)c(C)c1. The van der Waals surface area contributed by atoms with Crippen LogP contribution >= 0.6 is 0 Å². The first-order chi connectivity index (χ1) is 11.3. The lowest BCUT2D eigenvalue weighted by molar-refractivity contribution is -0.112. The summed E-state index contributed by atoms with van der Waals surface area (Å²) in [5.74, 6) is -1.10. The van der Waals surface area contributed by atoms with E-state index in [-0.39, 0.29) is 17.1 Å². The van der Waals surface area contributed by atoms with Crippen LogP contribution in [0.2, 0.25) is 0 Å². The van der Waals surface area contributed by atoms with Crippen molar-refractivity contribution < 1.29 is 15.0 Å². The van der Waals surface area contributed by atoms with Crippen LogP contribution < -0.4 is 5.32 Å². The molecule has 2 aromatic carbocycles. The first-order valence-electron chi connectivity index (χ1n) is 7.35. The van der Waals surface area contributed by atoms with Crippen molar-refractivity contribution in [3.05, 3.63) is 58.2 Å². The average Bonchev–Trinajstić information content (AvgIpc) is 2.51. The van der Waals surface area contributed by atoms with Crippen LogP contribution in [0.15, 0.2) is 35.9 Å². The predicted octanol–water partition coefficient (Wildman–Crippen LogP) is 3.57. The highest BCUT2D eigenvalue weighted by atomic mass is 16.3. The summed E-state index contributed by atoms with van der Waals surface area (Å²) in [5, 5.41) is 30.8. The van der Waals surface area contributed by atoms with Crippen molar-refractivity contribution in [2.24, 2.45) is 0 Å². The van der Waals surface area contributed by atoms with Crippen LogP contribution in [0.3, 0.4) is 0 Å². The number of carbonyl (C=O) groups excluding carboxylic acids is 1. The summed E-state index contributed by atoms with van der Waals surface area (Å²) in [4.78, 5) is 12.4. The number of aryl methyl sites for hydroxylation is 3. The average molecular weight is 322 g/mol. The first-order valence-corrected chi connectivity index (χ1v) is 7.35. The van der Waals surface area contributed by atoms with Gasteiger partial charge in [-0.1, -0.05) is 23.8 Å². The van der Waals surface area contributed by atoms with E-state index >= 15 is 0 Å². The number of aromatic hydroxyl groups is 2. The fraction of sp³-hybridized carbons (Fsp3) is 0.158. The van der Waals surface area contributed by atoms with Gasteiger partial charge in [0.15, 0.2) is 11.5 Å². The molecule has 0 saturated carbocycles. The van der Waals surface area contributed by atoms with Gasteiger partial charge in [0, 0.05) is 5.69 Å². The number of amides is 1. The first kappa shape index (κ1) is 17.1. The van der Waals surface area contributed by atoms with E-state index in [1.807, 2.05) is 39.0 Å². The quantitative estimate of drug-likeness (QED) is 0.457. The highest BCUT2D eigenvalue weighted by molar-refractivity contribution is 6.10. The summed E-state index contributed by atoms with van der Waals surface area (Å²) in [6.07, 6.45) is 1.35. The van der Waals surface area contributed by atoms with Gasteiger partial charge in [-0.05, 0) is 55.7 Å². The minimum absolute atomic E-state index is 0.0977. The Labute approximate surface area is 140 Å². The van der Waals surface area contributed by atoms with E-state index in [0.717, 1.165) is 16.7 Å². The number of nitrogens with one attached hydrogen (secondary N) is 1. The molecule has 3 N–H and O–H groups in total. The Morgan fingerprint density at radius 3 is 2.25 bits per heavy atom. The van der Waals surface area contributed by atoms with Gasteiger partial charge in [0.2, 0.25) is 0 Å². The molecule has 0 bridgehead atoms. The summed E-state index contributed by atoms with van der Waals surface area (Å²) in [7, 11) is 0. The Morgan fingerprint density at radius 1 is 1.08 bits per heavy atom. The van der Waals surface area contributed by atoms with Crippen LogP contribution in [-0.4, -0.2) is 16.1 Å². The zero-order valence-electron chi connectivity index (χ0n) is 13.7. The molecule has 2 rings (SSSR count). The van der Waals surface area contributed by atoms with Crippen molar-refractivity contribution in [1.82, 2.24) is 0 Å². The summed E-state index contributed by atoms with van der Waals surface area (Å²) in [6.45, 7) is 5.76. The predicted molar refractivity (Wildman–Crippen MR) is 92.6 cm³/mol. The van der Waals surface area contributed by atoms with E-state index in [2.05, 4.69) is 5.32 Å². The molecule has 5 heteroatoms. The number of nitrogens with zero attached hydrogens (tertiary/aromatic N) is 1. The van der Waals surface area contributed by atoms with Crippen molar-refractivity contribution in [2.75, 3.05) is 5.32 Å². The molecule has 2 aromatic rings. The normalized spacial score (nSPS) is 11.0. The van der Waals surface area contributed by atoms with E-state index in [1.165, 1.54) is 24.3 Å². The number of phenols is 2. The van der Waals surface area contributed by atoms with Gasteiger partial charge in [0.25, 0.3) is 5.91 Å². The highest BCUT2D eigenvalue weighted by Gasteiger charge is 2.13. The lowest BCUT2D eigenvalue weighted by atomic mass is 10.0. The number of hydrogen-bond acceptors (Lipinski definition) is 4. The van der Waals surface area contributed by atoms with Crippen molar-refractivity contribution in [1.29, 1.82) is 5.26 Å². The number of phenolic OH excluding ortho intramolecular Hbond substituents is 2. The van der Waals surface area contributed by atoms with Gasteiger partial charge < -0.3 is 15.5 Å². The largest absolute Gasteiger partial charge is 0.504 e. The van der Waals surface area contributed by atoms with Crippen molar-refractivity contribution in [2.45, 2.75) is 20.8 Å². The van der Waals surface area contributed by atoms with Gasteiger partial charge >= 0.3 is 0 Å². The molecule has 0 aliphatic rings. The Kier molecular flexibility index (Phi) is 4.90. The topological polar surface area (TPSA) is 93.4 Å². The minimum Gasteiger partial charge on any atom is -0.504 e. The Hall–Kier alpha value is -3.26. The molecule has 0 aromatic heterocycles. The number of rotatable bonds is 3. The molecule has 5 nitrogen and oxygen atoms in total.